The van der Waals surface area contributed by atoms with Gasteiger partial charge in [-0.3, -0.25) is 4.79 Å². The van der Waals surface area contributed by atoms with E-state index >= 15 is 0 Å². The SMILES string of the molecule is Cc1nc(C(=O)Nc2cc(Cl)c(N)c(Cl)c2)nn1-c1c(Cl)cccc1Cl. The molecule has 0 atom stereocenters. The summed E-state index contributed by atoms with van der Waals surface area (Å²) in [5, 5.41) is 8.04. The third-order valence-corrected chi connectivity index (χ3v) is 4.69. The smallest absolute Gasteiger partial charge is 0.295 e. The highest BCUT2D eigenvalue weighted by Crippen LogP contribution is 2.31. The van der Waals surface area contributed by atoms with Crippen molar-refractivity contribution in [3.05, 3.63) is 62.1 Å². The molecule has 3 rings (SSSR count). The van der Waals surface area contributed by atoms with Gasteiger partial charge < -0.3 is 11.1 Å². The average molecular weight is 431 g/mol. The van der Waals surface area contributed by atoms with E-state index in [4.69, 9.17) is 52.1 Å². The molecule has 1 heterocycles. The number of hydrogen-bond donors (Lipinski definition) is 2. The summed E-state index contributed by atoms with van der Waals surface area (Å²) in [6.45, 7) is 1.68. The van der Waals surface area contributed by atoms with Crippen LogP contribution in [0.15, 0.2) is 30.3 Å². The number of carbonyl (C=O) groups excluding carboxylic acids is 1. The molecule has 3 N–H and O–H groups in total. The minimum atomic E-state index is -0.549. The molecule has 26 heavy (non-hydrogen) atoms. The lowest BCUT2D eigenvalue weighted by molar-refractivity contribution is 0.101. The topological polar surface area (TPSA) is 85.8 Å². The maximum absolute atomic E-state index is 12.5. The number of nitrogens with zero attached hydrogens (tertiary/aromatic N) is 3. The Kier molecular flexibility index (Phi) is 5.29. The van der Waals surface area contributed by atoms with E-state index in [1.807, 2.05) is 0 Å². The van der Waals surface area contributed by atoms with Crippen LogP contribution in [0.4, 0.5) is 11.4 Å². The molecule has 0 aliphatic carbocycles. The van der Waals surface area contributed by atoms with E-state index in [0.717, 1.165) is 0 Å². The predicted octanol–water partition coefficient (Wildman–Crippen LogP) is 5.02. The van der Waals surface area contributed by atoms with Crippen molar-refractivity contribution in [2.45, 2.75) is 6.92 Å². The van der Waals surface area contributed by atoms with Gasteiger partial charge in [-0.05, 0) is 31.2 Å². The van der Waals surface area contributed by atoms with E-state index in [-0.39, 0.29) is 21.6 Å². The Morgan fingerprint density at radius 2 is 1.65 bits per heavy atom. The number of nitrogens with one attached hydrogen (secondary N) is 1. The molecule has 0 saturated carbocycles. The molecule has 0 fully saturated rings. The molecule has 134 valence electrons. The number of rotatable bonds is 3. The molecule has 1 amide bonds. The van der Waals surface area contributed by atoms with Crippen LogP contribution in [0.25, 0.3) is 5.69 Å². The van der Waals surface area contributed by atoms with E-state index in [9.17, 15) is 4.79 Å². The molecule has 0 unspecified atom stereocenters. The molecular formula is C16H11Cl4N5O. The van der Waals surface area contributed by atoms with Crippen molar-refractivity contribution in [3.8, 4) is 5.69 Å². The summed E-state index contributed by atoms with van der Waals surface area (Å²) < 4.78 is 1.41. The monoisotopic (exact) mass is 429 g/mol. The summed E-state index contributed by atoms with van der Waals surface area (Å²) in [4.78, 5) is 16.6. The lowest BCUT2D eigenvalue weighted by Crippen LogP contribution is -2.14. The Balaban J connectivity index is 1.93. The summed E-state index contributed by atoms with van der Waals surface area (Å²) in [6.07, 6.45) is 0. The lowest BCUT2D eigenvalue weighted by atomic mass is 10.3. The second kappa shape index (κ2) is 7.32. The van der Waals surface area contributed by atoms with Crippen LogP contribution in [0.3, 0.4) is 0 Å². The van der Waals surface area contributed by atoms with Crippen LogP contribution in [0.1, 0.15) is 16.4 Å². The Morgan fingerprint density at radius 1 is 1.08 bits per heavy atom. The molecular weight excluding hydrogens is 420 g/mol. The van der Waals surface area contributed by atoms with Crippen molar-refractivity contribution >= 4 is 63.7 Å². The standard InChI is InChI=1S/C16H11Cl4N5O/c1-7-22-15(24-25(7)14-9(17)3-2-4-10(14)18)16(26)23-8-5-11(19)13(21)12(20)6-8/h2-6H,21H2,1H3,(H,23,26). The third kappa shape index (κ3) is 3.59. The highest BCUT2D eigenvalue weighted by atomic mass is 35.5. The number of anilines is 2. The van der Waals surface area contributed by atoms with Gasteiger partial charge in [0.15, 0.2) is 0 Å². The zero-order valence-electron chi connectivity index (χ0n) is 13.2. The maximum Gasteiger partial charge on any atom is 0.295 e. The predicted molar refractivity (Wildman–Crippen MR) is 105 cm³/mol. The lowest BCUT2D eigenvalue weighted by Gasteiger charge is -2.08. The quantitative estimate of drug-likeness (QED) is 0.571. The molecule has 6 nitrogen and oxygen atoms in total. The first-order chi connectivity index (χ1) is 12.3. The van der Waals surface area contributed by atoms with Crippen molar-refractivity contribution in [1.82, 2.24) is 14.8 Å². The molecule has 0 saturated heterocycles. The van der Waals surface area contributed by atoms with Gasteiger partial charge in [0.05, 0.1) is 25.8 Å². The van der Waals surface area contributed by atoms with Crippen molar-refractivity contribution in [1.29, 1.82) is 0 Å². The van der Waals surface area contributed by atoms with Gasteiger partial charge in [-0.2, -0.15) is 0 Å². The molecule has 0 bridgehead atoms. The summed E-state index contributed by atoms with van der Waals surface area (Å²) in [5.41, 5.74) is 6.72. The van der Waals surface area contributed by atoms with Crippen LogP contribution < -0.4 is 11.1 Å². The van der Waals surface area contributed by atoms with Crippen LogP contribution in [-0.4, -0.2) is 20.7 Å². The fourth-order valence-corrected chi connectivity index (χ4v) is 3.28. The van der Waals surface area contributed by atoms with Crippen molar-refractivity contribution in [2.75, 3.05) is 11.1 Å². The van der Waals surface area contributed by atoms with Gasteiger partial charge >= 0.3 is 0 Å². The second-order valence-corrected chi connectivity index (χ2v) is 6.90. The summed E-state index contributed by atoms with van der Waals surface area (Å²) in [5.74, 6) is -0.173. The fraction of sp³-hybridized carbons (Fsp3) is 0.0625. The molecule has 0 aliphatic rings. The first-order valence-corrected chi connectivity index (χ1v) is 8.73. The van der Waals surface area contributed by atoms with Gasteiger partial charge in [0.25, 0.3) is 5.91 Å². The van der Waals surface area contributed by atoms with Gasteiger partial charge in [0, 0.05) is 5.69 Å². The van der Waals surface area contributed by atoms with Gasteiger partial charge in [-0.1, -0.05) is 52.5 Å². The number of hydrogen-bond acceptors (Lipinski definition) is 4. The van der Waals surface area contributed by atoms with Crippen LogP contribution in [0.2, 0.25) is 20.1 Å². The van der Waals surface area contributed by atoms with Crippen LogP contribution >= 0.6 is 46.4 Å². The van der Waals surface area contributed by atoms with Crippen LogP contribution in [-0.2, 0) is 0 Å². The minimum absolute atomic E-state index is 0.0671. The zero-order valence-corrected chi connectivity index (χ0v) is 16.2. The van der Waals surface area contributed by atoms with E-state index in [1.165, 1.54) is 16.8 Å². The van der Waals surface area contributed by atoms with Gasteiger partial charge in [-0.15, -0.1) is 5.10 Å². The highest BCUT2D eigenvalue weighted by Gasteiger charge is 2.19. The molecule has 10 heteroatoms. The molecule has 0 spiro atoms. The zero-order chi connectivity index (χ0) is 19.0. The number of nitrogen functional groups attached to an aromatic ring is 1. The summed E-state index contributed by atoms with van der Waals surface area (Å²) >= 11 is 24.3. The van der Waals surface area contributed by atoms with E-state index < -0.39 is 5.91 Å². The van der Waals surface area contributed by atoms with E-state index in [0.29, 0.717) is 27.2 Å². The van der Waals surface area contributed by atoms with Crippen molar-refractivity contribution in [3.63, 3.8) is 0 Å². The molecule has 2 aromatic carbocycles. The maximum atomic E-state index is 12.5. The molecule has 3 aromatic rings. The van der Waals surface area contributed by atoms with Crippen LogP contribution in [0, 0.1) is 6.92 Å². The highest BCUT2D eigenvalue weighted by molar-refractivity contribution is 6.39. The Labute approximate surface area is 168 Å². The van der Waals surface area contributed by atoms with Gasteiger partial charge in [0.2, 0.25) is 5.82 Å². The minimum Gasteiger partial charge on any atom is -0.396 e. The number of aromatic nitrogens is 3. The molecule has 0 aliphatic heterocycles. The number of benzene rings is 2. The number of para-hydroxylation sites is 1. The first-order valence-electron chi connectivity index (χ1n) is 7.22. The number of nitrogens with two attached hydrogens (primary N) is 1. The third-order valence-electron chi connectivity index (χ3n) is 3.46. The normalized spacial score (nSPS) is 10.8. The van der Waals surface area contributed by atoms with Crippen molar-refractivity contribution in [2.24, 2.45) is 0 Å². The van der Waals surface area contributed by atoms with Crippen LogP contribution in [0.5, 0.6) is 0 Å². The van der Waals surface area contributed by atoms with Crippen molar-refractivity contribution < 1.29 is 4.79 Å². The number of carbonyl (C=O) groups is 1. The number of halogens is 4. The average Bonchev–Trinajstić information content (AvgIpc) is 2.94. The summed E-state index contributed by atoms with van der Waals surface area (Å²) in [7, 11) is 0. The number of amides is 1. The fourth-order valence-electron chi connectivity index (χ4n) is 2.23. The number of aryl methyl sites for hydroxylation is 1. The van der Waals surface area contributed by atoms with Gasteiger partial charge in [-0.25, -0.2) is 9.67 Å². The van der Waals surface area contributed by atoms with Gasteiger partial charge in [0.1, 0.15) is 11.5 Å². The second-order valence-electron chi connectivity index (χ2n) is 5.27. The Bertz CT molecular complexity index is 975. The Morgan fingerprint density at radius 3 is 2.23 bits per heavy atom. The molecule has 1 aromatic heterocycles. The van der Waals surface area contributed by atoms with E-state index in [2.05, 4.69) is 15.4 Å². The molecule has 0 radical (unpaired) electrons. The Hall–Kier alpha value is -1.99. The summed E-state index contributed by atoms with van der Waals surface area (Å²) in [6, 6.07) is 8.01. The largest absolute Gasteiger partial charge is 0.396 e. The first kappa shape index (κ1) is 18.8. The van der Waals surface area contributed by atoms with E-state index in [1.54, 1.807) is 25.1 Å².